The minimum atomic E-state index is -0.724. The van der Waals surface area contributed by atoms with Crippen molar-refractivity contribution in [3.8, 4) is 23.0 Å². The second kappa shape index (κ2) is 16.6. The Hall–Kier alpha value is -5.72. The third-order valence-electron chi connectivity index (χ3n) is 7.73. The SMILES string of the molecule is CC.COc1ccc(C(=O)Oc2ccc(C(=O)O[C@H]3CO[C@H]4[C@@H]3OC[C@H]4OC(=O)c3ccc(OC(=O)c4ccc(OC)cc4)cc3)cc2)cc1. The normalized spacial score (nSPS) is 18.8. The van der Waals surface area contributed by atoms with Crippen LogP contribution in [-0.4, -0.2) is 75.7 Å². The van der Waals surface area contributed by atoms with Crippen molar-refractivity contribution in [1.82, 2.24) is 0 Å². The first-order valence-corrected chi connectivity index (χ1v) is 15.9. The van der Waals surface area contributed by atoms with Crippen molar-refractivity contribution in [3.05, 3.63) is 119 Å². The van der Waals surface area contributed by atoms with Gasteiger partial charge < -0.3 is 37.9 Å². The van der Waals surface area contributed by atoms with Gasteiger partial charge in [-0.3, -0.25) is 0 Å². The van der Waals surface area contributed by atoms with E-state index in [1.165, 1.54) is 62.8 Å². The molecule has 0 spiro atoms. The van der Waals surface area contributed by atoms with E-state index < -0.39 is 48.3 Å². The maximum absolute atomic E-state index is 12.9. The van der Waals surface area contributed by atoms with Crippen LogP contribution in [-0.2, 0) is 18.9 Å². The highest BCUT2D eigenvalue weighted by Gasteiger charge is 2.51. The van der Waals surface area contributed by atoms with Gasteiger partial charge in [0.2, 0.25) is 0 Å². The summed E-state index contributed by atoms with van der Waals surface area (Å²) < 4.78 is 43.9. The van der Waals surface area contributed by atoms with Crippen LogP contribution in [0.2, 0.25) is 0 Å². The lowest BCUT2D eigenvalue weighted by atomic mass is 10.1. The van der Waals surface area contributed by atoms with Crippen LogP contribution in [0.4, 0.5) is 0 Å². The largest absolute Gasteiger partial charge is 0.497 e. The van der Waals surface area contributed by atoms with Gasteiger partial charge in [0.1, 0.15) is 35.2 Å². The Balaban J connectivity index is 0.00000239. The first kappa shape index (κ1) is 35.6. The molecule has 2 aliphatic rings. The minimum absolute atomic E-state index is 0.0565. The van der Waals surface area contributed by atoms with Gasteiger partial charge in [0.05, 0.1) is 49.7 Å². The Bertz CT molecular complexity index is 1630. The van der Waals surface area contributed by atoms with E-state index in [9.17, 15) is 19.2 Å². The van der Waals surface area contributed by atoms with Crippen molar-refractivity contribution in [2.75, 3.05) is 27.4 Å². The van der Waals surface area contributed by atoms with E-state index in [1.54, 1.807) is 48.5 Å². The van der Waals surface area contributed by atoms with Gasteiger partial charge in [-0.1, -0.05) is 13.8 Å². The van der Waals surface area contributed by atoms with Crippen LogP contribution in [0, 0.1) is 0 Å². The number of hydrogen-bond acceptors (Lipinski definition) is 12. The first-order chi connectivity index (χ1) is 24.3. The fraction of sp³-hybridized carbons (Fsp3) is 0.263. The van der Waals surface area contributed by atoms with Crippen molar-refractivity contribution in [2.45, 2.75) is 38.3 Å². The van der Waals surface area contributed by atoms with E-state index in [4.69, 9.17) is 37.9 Å². The van der Waals surface area contributed by atoms with Crippen LogP contribution in [0.25, 0.3) is 0 Å². The molecule has 0 bridgehead atoms. The Morgan fingerprint density at radius 2 is 0.740 bits per heavy atom. The summed E-state index contributed by atoms with van der Waals surface area (Å²) in [6.07, 6.45) is -2.70. The summed E-state index contributed by atoms with van der Waals surface area (Å²) in [6.45, 7) is 4.11. The predicted molar refractivity (Wildman–Crippen MR) is 178 cm³/mol. The van der Waals surface area contributed by atoms with Gasteiger partial charge in [-0.2, -0.15) is 0 Å². The van der Waals surface area contributed by atoms with Gasteiger partial charge in [0.25, 0.3) is 0 Å². The number of methoxy groups -OCH3 is 2. The lowest BCUT2D eigenvalue weighted by Crippen LogP contribution is -2.36. The second-order valence-electron chi connectivity index (χ2n) is 10.8. The van der Waals surface area contributed by atoms with Gasteiger partial charge >= 0.3 is 23.9 Å². The van der Waals surface area contributed by atoms with Crippen molar-refractivity contribution in [2.24, 2.45) is 0 Å². The molecule has 2 aliphatic heterocycles. The zero-order valence-corrected chi connectivity index (χ0v) is 27.9. The molecule has 4 aromatic carbocycles. The highest BCUT2D eigenvalue weighted by Crippen LogP contribution is 2.32. The van der Waals surface area contributed by atoms with Crippen molar-refractivity contribution >= 4 is 23.9 Å². The van der Waals surface area contributed by atoms with Gasteiger partial charge in [0.15, 0.2) is 12.2 Å². The highest BCUT2D eigenvalue weighted by atomic mass is 16.7. The number of rotatable bonds is 10. The Morgan fingerprint density at radius 3 is 1.04 bits per heavy atom. The molecule has 0 aliphatic carbocycles. The molecule has 2 saturated heterocycles. The molecule has 0 saturated carbocycles. The van der Waals surface area contributed by atoms with E-state index >= 15 is 0 Å². The fourth-order valence-electron chi connectivity index (χ4n) is 5.15. The topological polar surface area (TPSA) is 142 Å². The van der Waals surface area contributed by atoms with Gasteiger partial charge in [-0.05, 0) is 97.1 Å². The summed E-state index contributed by atoms with van der Waals surface area (Å²) in [5, 5.41) is 0. The van der Waals surface area contributed by atoms with Gasteiger partial charge in [-0.15, -0.1) is 0 Å². The van der Waals surface area contributed by atoms with Gasteiger partial charge in [-0.25, -0.2) is 19.2 Å². The molecule has 12 heteroatoms. The number of fused-ring (bicyclic) bond motifs is 1. The zero-order valence-electron chi connectivity index (χ0n) is 27.9. The average molecular weight is 685 g/mol. The van der Waals surface area contributed by atoms with Crippen molar-refractivity contribution in [3.63, 3.8) is 0 Å². The van der Waals surface area contributed by atoms with E-state index in [0.717, 1.165) is 0 Å². The monoisotopic (exact) mass is 684 g/mol. The molecule has 4 atom stereocenters. The molecule has 0 aromatic heterocycles. The summed E-state index contributed by atoms with van der Waals surface area (Å²) >= 11 is 0. The first-order valence-electron chi connectivity index (χ1n) is 15.9. The number of ether oxygens (including phenoxy) is 8. The van der Waals surface area contributed by atoms with Crippen LogP contribution in [0.15, 0.2) is 97.1 Å². The van der Waals surface area contributed by atoms with Gasteiger partial charge in [0, 0.05) is 0 Å². The third-order valence-corrected chi connectivity index (χ3v) is 7.73. The maximum Gasteiger partial charge on any atom is 0.343 e. The Labute approximate surface area is 288 Å². The van der Waals surface area contributed by atoms with Crippen molar-refractivity contribution < 1.29 is 57.1 Å². The molecule has 0 amide bonds. The number of carbonyl (C=O) groups is 4. The number of benzene rings is 4. The third kappa shape index (κ3) is 8.46. The van der Waals surface area contributed by atoms with E-state index in [0.29, 0.717) is 22.6 Å². The molecule has 6 rings (SSSR count). The molecule has 12 nitrogen and oxygen atoms in total. The maximum atomic E-state index is 12.9. The van der Waals surface area contributed by atoms with E-state index in [1.807, 2.05) is 13.8 Å². The molecule has 2 heterocycles. The van der Waals surface area contributed by atoms with Crippen LogP contribution in [0.5, 0.6) is 23.0 Å². The Kier molecular flexibility index (Phi) is 11.8. The van der Waals surface area contributed by atoms with Crippen LogP contribution < -0.4 is 18.9 Å². The van der Waals surface area contributed by atoms with Crippen LogP contribution in [0.1, 0.15) is 55.3 Å². The summed E-state index contributed by atoms with van der Waals surface area (Å²) in [4.78, 5) is 50.6. The molecule has 260 valence electrons. The summed E-state index contributed by atoms with van der Waals surface area (Å²) in [5.74, 6) is -0.609. The molecule has 2 fully saturated rings. The summed E-state index contributed by atoms with van der Waals surface area (Å²) in [5.41, 5.74) is 1.17. The lowest BCUT2D eigenvalue weighted by Gasteiger charge is -2.17. The summed E-state index contributed by atoms with van der Waals surface area (Å²) in [7, 11) is 3.06. The number of hydrogen-bond donors (Lipinski definition) is 0. The molecule has 4 aromatic rings. The standard InChI is InChI=1S/C36H30O12.C2H6/c1-41-25-11-3-21(4-12-25)33(37)45-27-15-7-23(8-16-27)35(39)47-29-19-43-32-30(20-44-31(29)32)48-36(40)24-9-17-28(18-10-24)46-34(38)22-5-13-26(42-2)14-6-22;1-2/h3-18,29-32H,19-20H2,1-2H3;1-2H3/t29-,30+,31-,32-;/m1./s1. The zero-order chi connectivity index (χ0) is 35.6. The second-order valence-corrected chi connectivity index (χ2v) is 10.8. The molecule has 0 N–H and O–H groups in total. The molecular weight excluding hydrogens is 648 g/mol. The summed E-state index contributed by atoms with van der Waals surface area (Å²) in [6, 6.07) is 24.9. The highest BCUT2D eigenvalue weighted by molar-refractivity contribution is 5.93. The lowest BCUT2D eigenvalue weighted by molar-refractivity contribution is -0.0287. The minimum Gasteiger partial charge on any atom is -0.497 e. The molecule has 0 unspecified atom stereocenters. The van der Waals surface area contributed by atoms with Crippen LogP contribution >= 0.6 is 0 Å². The van der Waals surface area contributed by atoms with E-state index in [2.05, 4.69) is 0 Å². The fourth-order valence-corrected chi connectivity index (χ4v) is 5.15. The molecule has 50 heavy (non-hydrogen) atoms. The van der Waals surface area contributed by atoms with E-state index in [-0.39, 0.29) is 35.8 Å². The predicted octanol–water partition coefficient (Wildman–Crippen LogP) is 5.72. The number of carbonyl (C=O) groups excluding carboxylic acids is 4. The molecule has 0 radical (unpaired) electrons. The number of esters is 4. The smallest absolute Gasteiger partial charge is 0.343 e. The average Bonchev–Trinajstić information content (AvgIpc) is 3.75. The quantitative estimate of drug-likeness (QED) is 0.149. The molecular formula is C38H36O12. The van der Waals surface area contributed by atoms with Crippen LogP contribution in [0.3, 0.4) is 0 Å². The van der Waals surface area contributed by atoms with Crippen molar-refractivity contribution in [1.29, 1.82) is 0 Å². The Morgan fingerprint density at radius 1 is 0.460 bits per heavy atom.